The molecule has 156 valence electrons. The number of likely N-dealkylation sites (tertiary alicyclic amines) is 1. The van der Waals surface area contributed by atoms with Crippen LogP contribution in [0.25, 0.3) is 11.4 Å². The van der Waals surface area contributed by atoms with E-state index in [-0.39, 0.29) is 17.6 Å². The monoisotopic (exact) mass is 472 g/mol. The highest BCUT2D eigenvalue weighted by molar-refractivity contribution is 9.10. The Kier molecular flexibility index (Phi) is 6.54. The SMILES string of the molecule is O=C(NCc1ccc(F)cc1)C1CCCN(Cc2nc(-c3ccc(Br)cc3)no2)C1. The highest BCUT2D eigenvalue weighted by atomic mass is 79.9. The zero-order chi connectivity index (χ0) is 20.9. The Bertz CT molecular complexity index is 991. The van der Waals surface area contributed by atoms with Crippen LogP contribution in [0.4, 0.5) is 4.39 Å². The first-order chi connectivity index (χ1) is 14.6. The molecule has 0 radical (unpaired) electrons. The number of amides is 1. The second-order valence-corrected chi connectivity index (χ2v) is 8.35. The van der Waals surface area contributed by atoms with Gasteiger partial charge >= 0.3 is 0 Å². The minimum absolute atomic E-state index is 0.0186. The van der Waals surface area contributed by atoms with Crippen LogP contribution in [0.2, 0.25) is 0 Å². The molecule has 2 aromatic carbocycles. The van der Waals surface area contributed by atoms with E-state index in [1.807, 2.05) is 24.3 Å². The lowest BCUT2D eigenvalue weighted by Crippen LogP contribution is -2.42. The van der Waals surface area contributed by atoms with Crippen LogP contribution >= 0.6 is 15.9 Å². The Morgan fingerprint density at radius 2 is 1.97 bits per heavy atom. The maximum Gasteiger partial charge on any atom is 0.241 e. The van der Waals surface area contributed by atoms with Gasteiger partial charge in [0.1, 0.15) is 5.82 Å². The lowest BCUT2D eigenvalue weighted by atomic mass is 9.97. The van der Waals surface area contributed by atoms with Crippen molar-refractivity contribution in [1.29, 1.82) is 0 Å². The van der Waals surface area contributed by atoms with E-state index in [9.17, 15) is 9.18 Å². The summed E-state index contributed by atoms with van der Waals surface area (Å²) in [5.41, 5.74) is 1.77. The largest absolute Gasteiger partial charge is 0.352 e. The molecule has 1 unspecified atom stereocenters. The molecule has 1 N–H and O–H groups in total. The summed E-state index contributed by atoms with van der Waals surface area (Å²) in [6, 6.07) is 13.9. The topological polar surface area (TPSA) is 71.3 Å². The summed E-state index contributed by atoms with van der Waals surface area (Å²) >= 11 is 3.41. The van der Waals surface area contributed by atoms with Crippen LogP contribution in [0, 0.1) is 11.7 Å². The van der Waals surface area contributed by atoms with Gasteiger partial charge in [0.05, 0.1) is 12.5 Å². The summed E-state index contributed by atoms with van der Waals surface area (Å²) in [7, 11) is 0. The molecule has 4 rings (SSSR count). The van der Waals surface area contributed by atoms with Crippen LogP contribution in [-0.2, 0) is 17.9 Å². The Hall–Kier alpha value is -2.58. The first-order valence-corrected chi connectivity index (χ1v) is 10.7. The van der Waals surface area contributed by atoms with Crippen LogP contribution in [0.1, 0.15) is 24.3 Å². The third kappa shape index (κ3) is 5.31. The lowest BCUT2D eigenvalue weighted by molar-refractivity contribution is -0.127. The zero-order valence-corrected chi connectivity index (χ0v) is 17.9. The minimum Gasteiger partial charge on any atom is -0.352 e. The van der Waals surface area contributed by atoms with Crippen molar-refractivity contribution >= 4 is 21.8 Å². The van der Waals surface area contributed by atoms with Crippen molar-refractivity contribution in [3.8, 4) is 11.4 Å². The summed E-state index contributed by atoms with van der Waals surface area (Å²) in [5, 5.41) is 7.03. The summed E-state index contributed by atoms with van der Waals surface area (Å²) in [6.45, 7) is 2.45. The van der Waals surface area contributed by atoms with Crippen molar-refractivity contribution in [2.75, 3.05) is 13.1 Å². The van der Waals surface area contributed by atoms with Crippen molar-refractivity contribution in [3.05, 3.63) is 70.3 Å². The molecule has 1 fully saturated rings. The Balaban J connectivity index is 1.31. The Labute approximate surface area is 182 Å². The molecule has 2 heterocycles. The first-order valence-electron chi connectivity index (χ1n) is 9.90. The van der Waals surface area contributed by atoms with Gasteiger partial charge in [-0.3, -0.25) is 9.69 Å². The van der Waals surface area contributed by atoms with E-state index in [1.54, 1.807) is 12.1 Å². The van der Waals surface area contributed by atoms with E-state index in [2.05, 4.69) is 36.3 Å². The molecule has 3 aromatic rings. The molecule has 1 atom stereocenters. The van der Waals surface area contributed by atoms with Crippen molar-refractivity contribution in [2.24, 2.45) is 5.92 Å². The second-order valence-electron chi connectivity index (χ2n) is 7.44. The molecule has 1 aliphatic rings. The fourth-order valence-electron chi connectivity index (χ4n) is 3.58. The molecule has 8 heteroatoms. The number of carbonyl (C=O) groups excluding carboxylic acids is 1. The molecule has 0 bridgehead atoms. The third-order valence-corrected chi connectivity index (χ3v) is 5.71. The van der Waals surface area contributed by atoms with Gasteiger partial charge in [-0.15, -0.1) is 0 Å². The van der Waals surface area contributed by atoms with Gasteiger partial charge in [-0.05, 0) is 61.3 Å². The van der Waals surface area contributed by atoms with Crippen molar-refractivity contribution < 1.29 is 13.7 Å². The number of carbonyl (C=O) groups is 1. The fraction of sp³-hybridized carbons (Fsp3) is 0.318. The van der Waals surface area contributed by atoms with Gasteiger partial charge < -0.3 is 9.84 Å². The zero-order valence-electron chi connectivity index (χ0n) is 16.4. The number of rotatable bonds is 6. The van der Waals surface area contributed by atoms with Gasteiger partial charge in [0, 0.05) is 23.1 Å². The molecule has 0 aliphatic carbocycles. The van der Waals surface area contributed by atoms with Crippen molar-refractivity contribution in [3.63, 3.8) is 0 Å². The molecule has 0 saturated carbocycles. The average Bonchev–Trinajstić information content (AvgIpc) is 3.22. The number of halogens is 2. The van der Waals surface area contributed by atoms with Crippen LogP contribution in [0.3, 0.4) is 0 Å². The van der Waals surface area contributed by atoms with Gasteiger partial charge in [-0.2, -0.15) is 4.98 Å². The van der Waals surface area contributed by atoms with Gasteiger partial charge in [0.2, 0.25) is 17.6 Å². The van der Waals surface area contributed by atoms with Gasteiger partial charge in [0.15, 0.2) is 0 Å². The number of benzene rings is 2. The molecular formula is C22H22BrFN4O2. The van der Waals surface area contributed by atoms with Crippen LogP contribution < -0.4 is 5.32 Å². The van der Waals surface area contributed by atoms with Gasteiger partial charge in [-0.1, -0.05) is 33.2 Å². The number of nitrogens with zero attached hydrogens (tertiary/aromatic N) is 3. The second kappa shape index (κ2) is 9.49. The molecule has 0 spiro atoms. The molecular weight excluding hydrogens is 451 g/mol. The number of nitrogens with one attached hydrogen (secondary N) is 1. The standard InChI is InChI=1S/C22H22BrFN4O2/c23-18-7-5-16(6-8-18)21-26-20(30-27-21)14-28-11-1-2-17(13-28)22(29)25-12-15-3-9-19(24)10-4-15/h3-10,17H,1-2,11-14H2,(H,25,29). The smallest absolute Gasteiger partial charge is 0.241 e. The van der Waals surface area contributed by atoms with E-state index < -0.39 is 0 Å². The van der Waals surface area contributed by atoms with E-state index in [1.165, 1.54) is 12.1 Å². The fourth-order valence-corrected chi connectivity index (χ4v) is 3.84. The average molecular weight is 473 g/mol. The summed E-state index contributed by atoms with van der Waals surface area (Å²) in [6.07, 6.45) is 1.78. The number of hydrogen-bond acceptors (Lipinski definition) is 5. The maximum absolute atomic E-state index is 13.0. The van der Waals surface area contributed by atoms with Crippen molar-refractivity contribution in [2.45, 2.75) is 25.9 Å². The Morgan fingerprint density at radius 3 is 2.73 bits per heavy atom. The molecule has 1 aromatic heterocycles. The van der Waals surface area contributed by atoms with Crippen LogP contribution in [0.15, 0.2) is 57.5 Å². The maximum atomic E-state index is 13.0. The predicted octanol–water partition coefficient (Wildman–Crippen LogP) is 4.17. The molecule has 1 saturated heterocycles. The number of piperidine rings is 1. The van der Waals surface area contributed by atoms with Gasteiger partial charge in [-0.25, -0.2) is 4.39 Å². The quantitative estimate of drug-likeness (QED) is 0.582. The first kappa shape index (κ1) is 20.7. The third-order valence-electron chi connectivity index (χ3n) is 5.19. The van der Waals surface area contributed by atoms with E-state index in [0.29, 0.717) is 31.3 Å². The van der Waals surface area contributed by atoms with Crippen LogP contribution in [-0.4, -0.2) is 34.0 Å². The highest BCUT2D eigenvalue weighted by Gasteiger charge is 2.26. The summed E-state index contributed by atoms with van der Waals surface area (Å²) in [5.74, 6) is 0.749. The number of hydrogen-bond donors (Lipinski definition) is 1. The summed E-state index contributed by atoms with van der Waals surface area (Å²) < 4.78 is 19.4. The Morgan fingerprint density at radius 1 is 1.20 bits per heavy atom. The predicted molar refractivity (Wildman–Crippen MR) is 114 cm³/mol. The summed E-state index contributed by atoms with van der Waals surface area (Å²) in [4.78, 5) is 19.2. The molecule has 30 heavy (non-hydrogen) atoms. The molecule has 1 aliphatic heterocycles. The van der Waals surface area contributed by atoms with Crippen LogP contribution in [0.5, 0.6) is 0 Å². The van der Waals surface area contributed by atoms with E-state index in [0.717, 1.165) is 35.0 Å². The highest BCUT2D eigenvalue weighted by Crippen LogP contribution is 2.22. The molecule has 1 amide bonds. The normalized spacial score (nSPS) is 17.1. The van der Waals surface area contributed by atoms with E-state index in [4.69, 9.17) is 4.52 Å². The van der Waals surface area contributed by atoms with Crippen molar-refractivity contribution in [1.82, 2.24) is 20.4 Å². The molecule has 6 nitrogen and oxygen atoms in total. The van der Waals surface area contributed by atoms with Gasteiger partial charge in [0.25, 0.3) is 0 Å². The number of aromatic nitrogens is 2. The van der Waals surface area contributed by atoms with E-state index >= 15 is 0 Å². The lowest BCUT2D eigenvalue weighted by Gasteiger charge is -2.30. The minimum atomic E-state index is -0.280.